The monoisotopic (exact) mass is 691 g/mol. The summed E-state index contributed by atoms with van der Waals surface area (Å²) in [6.07, 6.45) is 11.5. The van der Waals surface area contributed by atoms with E-state index in [4.69, 9.17) is 4.74 Å². The molecule has 0 spiro atoms. The summed E-state index contributed by atoms with van der Waals surface area (Å²) in [5.41, 5.74) is 2.02. The van der Waals surface area contributed by atoms with Gasteiger partial charge in [0.15, 0.2) is 11.6 Å². The Morgan fingerprint density at radius 1 is 0.980 bits per heavy atom. The largest absolute Gasteiger partial charge is 0.458 e. The van der Waals surface area contributed by atoms with E-state index >= 15 is 0 Å². The zero-order chi connectivity index (χ0) is 35.4. The fraction of sp³-hybridized carbons (Fsp3) is 0.371. The highest BCUT2D eigenvalue weighted by atomic mass is 19.3. The number of carbonyl (C=O) groups excluding carboxylic acids is 1. The van der Waals surface area contributed by atoms with Crippen LogP contribution in [0.25, 0.3) is 23.0 Å². The first kappa shape index (κ1) is 34.5. The number of aromatic nitrogens is 5. The second-order valence-corrected chi connectivity index (χ2v) is 12.6. The van der Waals surface area contributed by atoms with E-state index < -0.39 is 30.6 Å². The predicted octanol–water partition coefficient (Wildman–Crippen LogP) is 5.47. The number of pyridine rings is 1. The summed E-state index contributed by atoms with van der Waals surface area (Å²) in [6, 6.07) is 6.02. The summed E-state index contributed by atoms with van der Waals surface area (Å²) in [6.45, 7) is 0.834. The van der Waals surface area contributed by atoms with Gasteiger partial charge in [-0.05, 0) is 54.5 Å². The summed E-state index contributed by atoms with van der Waals surface area (Å²) in [4.78, 5) is 43.1. The molecule has 0 unspecified atom stereocenters. The smallest absolute Gasteiger partial charge is 0.387 e. The number of halogens is 3. The van der Waals surface area contributed by atoms with Crippen molar-refractivity contribution in [3.63, 3.8) is 0 Å². The zero-order valence-corrected chi connectivity index (χ0v) is 27.3. The van der Waals surface area contributed by atoms with Crippen molar-refractivity contribution in [3.8, 4) is 22.7 Å². The van der Waals surface area contributed by atoms with E-state index in [-0.39, 0.29) is 48.0 Å². The van der Waals surface area contributed by atoms with Crippen molar-refractivity contribution in [2.24, 2.45) is 0 Å². The minimum atomic E-state index is -2.95. The number of aliphatic hydroxyl groups excluding tert-OH is 1. The fourth-order valence-corrected chi connectivity index (χ4v) is 6.25. The Morgan fingerprint density at radius 3 is 2.34 bits per heavy atom. The molecule has 262 valence electrons. The van der Waals surface area contributed by atoms with Crippen LogP contribution in [0.1, 0.15) is 63.0 Å². The Labute approximate surface area is 285 Å². The van der Waals surface area contributed by atoms with Gasteiger partial charge in [0.1, 0.15) is 17.7 Å². The van der Waals surface area contributed by atoms with Crippen LogP contribution < -0.4 is 20.9 Å². The molecule has 2 aliphatic rings. The van der Waals surface area contributed by atoms with Crippen molar-refractivity contribution in [2.45, 2.75) is 82.8 Å². The molecule has 1 saturated carbocycles. The minimum Gasteiger partial charge on any atom is -0.458 e. The molecule has 12 nitrogen and oxygen atoms in total. The van der Waals surface area contributed by atoms with Crippen molar-refractivity contribution >= 4 is 23.8 Å². The summed E-state index contributed by atoms with van der Waals surface area (Å²) < 4.78 is 49.8. The maximum Gasteiger partial charge on any atom is 0.387 e. The lowest BCUT2D eigenvalue weighted by Gasteiger charge is -2.24. The van der Waals surface area contributed by atoms with E-state index in [1.54, 1.807) is 36.7 Å². The number of hydrogen-bond donors (Lipinski definition) is 3. The van der Waals surface area contributed by atoms with Gasteiger partial charge in [0, 0.05) is 35.8 Å². The number of benzene rings is 1. The summed E-state index contributed by atoms with van der Waals surface area (Å²) in [7, 11) is 0. The fourth-order valence-electron chi connectivity index (χ4n) is 6.25. The number of esters is 1. The van der Waals surface area contributed by atoms with E-state index in [9.17, 15) is 27.9 Å². The molecule has 0 bridgehead atoms. The number of hydrogen-bond acceptors (Lipinski definition) is 11. The molecule has 1 saturated heterocycles. The van der Waals surface area contributed by atoms with Gasteiger partial charge in [-0.15, -0.1) is 0 Å². The summed E-state index contributed by atoms with van der Waals surface area (Å²) in [5.74, 6) is -0.150. The third kappa shape index (κ3) is 8.28. The van der Waals surface area contributed by atoms with Crippen LogP contribution in [0.2, 0.25) is 0 Å². The van der Waals surface area contributed by atoms with Crippen LogP contribution >= 0.6 is 0 Å². The van der Waals surface area contributed by atoms with Gasteiger partial charge in [-0.2, -0.15) is 8.78 Å². The normalized spacial score (nSPS) is 20.8. The molecule has 4 atom stereocenters. The molecule has 3 aromatic heterocycles. The Bertz CT molecular complexity index is 1890. The predicted molar refractivity (Wildman–Crippen MR) is 179 cm³/mol. The first-order valence-corrected chi connectivity index (χ1v) is 16.3. The minimum absolute atomic E-state index is 0.0438. The Morgan fingerprint density at radius 2 is 1.70 bits per heavy atom. The number of cyclic esters (lactones) is 1. The Balaban J connectivity index is 1.22. The Hall–Kier alpha value is -5.31. The van der Waals surface area contributed by atoms with Gasteiger partial charge in [0.05, 0.1) is 37.3 Å². The summed E-state index contributed by atoms with van der Waals surface area (Å²) in [5, 5.41) is 16.7. The first-order valence-electron chi connectivity index (χ1n) is 16.3. The number of nitrogens with one attached hydrogen (secondary N) is 2. The van der Waals surface area contributed by atoms with Gasteiger partial charge in [0.25, 0.3) is 5.56 Å². The topological polar surface area (TPSA) is 153 Å². The van der Waals surface area contributed by atoms with Gasteiger partial charge in [-0.3, -0.25) is 14.2 Å². The number of aliphatic hydroxyl groups is 1. The number of alkyl halides is 2. The third-order valence-electron chi connectivity index (χ3n) is 8.54. The average molecular weight is 692 g/mol. The molecule has 1 aromatic carbocycles. The molecule has 4 aromatic rings. The molecule has 1 aliphatic heterocycles. The molecule has 2 fully saturated rings. The summed E-state index contributed by atoms with van der Waals surface area (Å²) >= 11 is 0. The van der Waals surface area contributed by atoms with E-state index in [0.717, 1.165) is 12.8 Å². The molecule has 15 heteroatoms. The maximum atomic E-state index is 14.0. The van der Waals surface area contributed by atoms with Gasteiger partial charge >= 0.3 is 12.6 Å². The highest BCUT2D eigenvalue weighted by molar-refractivity contribution is 5.78. The standard InChI is InChI=1S/C35H36F3N7O5/c1-19(2)32-27(10-9-25-12-24(46)13-31(47)49-25)28(20-3-5-21(36)6-4-20)18-45(33(32)48)30-17-39-29(16-40-30)43-22-7-8-23(11-22)44-35-41-14-26(15-42-35)50-34(37)38/h3-6,9-10,14-19,22-25,34,46H,7-8,11-13H2,1-2H3,(H,39,43)(H,41,42,44)/b10-9+/t22-,23-,24+,25+/m0/s1. The molecule has 6 rings (SSSR count). The van der Waals surface area contributed by atoms with Gasteiger partial charge in [-0.1, -0.05) is 32.1 Å². The molecule has 3 N–H and O–H groups in total. The lowest BCUT2D eigenvalue weighted by molar-refractivity contribution is -0.156. The van der Waals surface area contributed by atoms with Crippen LogP contribution in [0.3, 0.4) is 0 Å². The van der Waals surface area contributed by atoms with Crippen LogP contribution in [0.15, 0.2) is 66.1 Å². The highest BCUT2D eigenvalue weighted by Crippen LogP contribution is 2.31. The van der Waals surface area contributed by atoms with Crippen molar-refractivity contribution in [3.05, 3.63) is 88.6 Å². The van der Waals surface area contributed by atoms with E-state index in [0.29, 0.717) is 40.4 Å². The average Bonchev–Trinajstić information content (AvgIpc) is 3.51. The maximum absolute atomic E-state index is 14.0. The van der Waals surface area contributed by atoms with Crippen LogP contribution in [0.5, 0.6) is 5.75 Å². The van der Waals surface area contributed by atoms with Crippen LogP contribution in [0.4, 0.5) is 24.9 Å². The lowest BCUT2D eigenvalue weighted by atomic mass is 9.91. The zero-order valence-electron chi connectivity index (χ0n) is 27.3. The highest BCUT2D eigenvalue weighted by Gasteiger charge is 2.27. The molecular formula is C35H36F3N7O5. The first-order chi connectivity index (χ1) is 24.0. The van der Waals surface area contributed by atoms with Crippen LogP contribution in [0, 0.1) is 5.82 Å². The molecule has 0 amide bonds. The number of rotatable bonds is 11. The number of nitrogens with zero attached hydrogens (tertiary/aromatic N) is 5. The van der Waals surface area contributed by atoms with Crippen molar-refractivity contribution in [1.82, 2.24) is 24.5 Å². The molecule has 1 aliphatic carbocycles. The third-order valence-corrected chi connectivity index (χ3v) is 8.54. The SMILES string of the molecule is CC(C)c1c(/C=C/[C@@H]2C[C@@H](O)CC(=O)O2)c(-c2ccc(F)cc2)cn(-c2cnc(N[C@H]3CC[C@H](Nc4ncc(OC(F)F)cn4)C3)cn2)c1=O. The quantitative estimate of drug-likeness (QED) is 0.172. The molecule has 0 radical (unpaired) electrons. The second kappa shape index (κ2) is 15.1. The number of anilines is 2. The molecule has 50 heavy (non-hydrogen) atoms. The van der Waals surface area contributed by atoms with E-state index in [1.165, 1.54) is 35.3 Å². The number of carbonyl (C=O) groups is 1. The van der Waals surface area contributed by atoms with Crippen LogP contribution in [-0.4, -0.2) is 66.5 Å². The lowest BCUT2D eigenvalue weighted by Crippen LogP contribution is -2.31. The molecule has 4 heterocycles. The number of ether oxygens (including phenoxy) is 2. The van der Waals surface area contributed by atoms with E-state index in [2.05, 4.69) is 35.3 Å². The second-order valence-electron chi connectivity index (χ2n) is 12.6. The van der Waals surface area contributed by atoms with Gasteiger partial charge < -0.3 is 25.2 Å². The van der Waals surface area contributed by atoms with Gasteiger partial charge in [0.2, 0.25) is 5.95 Å². The van der Waals surface area contributed by atoms with E-state index in [1.807, 2.05) is 13.8 Å². The van der Waals surface area contributed by atoms with Crippen molar-refractivity contribution in [2.75, 3.05) is 10.6 Å². The Kier molecular flexibility index (Phi) is 10.4. The van der Waals surface area contributed by atoms with Crippen LogP contribution in [-0.2, 0) is 9.53 Å². The van der Waals surface area contributed by atoms with Crippen molar-refractivity contribution in [1.29, 1.82) is 0 Å². The van der Waals surface area contributed by atoms with Gasteiger partial charge in [-0.25, -0.2) is 24.3 Å². The van der Waals surface area contributed by atoms with Crippen molar-refractivity contribution < 1.29 is 32.5 Å². The molecular weight excluding hydrogens is 655 g/mol.